The highest BCUT2D eigenvalue weighted by Crippen LogP contribution is 2.36. The molecule has 5 unspecified atom stereocenters. The van der Waals surface area contributed by atoms with Crippen LogP contribution in [0.3, 0.4) is 0 Å². The molecule has 0 heterocycles. The average Bonchev–Trinajstić information content (AvgIpc) is 2.24. The van der Waals surface area contributed by atoms with Crippen LogP contribution in [0.1, 0.15) is 61.3 Å². The van der Waals surface area contributed by atoms with Crippen molar-refractivity contribution in [3.05, 3.63) is 0 Å². The molecule has 92 valence electrons. The molecule has 0 amide bonds. The Morgan fingerprint density at radius 3 is 1.80 bits per heavy atom. The highest BCUT2D eigenvalue weighted by molar-refractivity contribution is 4.87. The van der Waals surface area contributed by atoms with Crippen LogP contribution in [-0.4, -0.2) is 10.7 Å². The minimum absolute atomic E-state index is 0.363. The second-order valence-electron chi connectivity index (χ2n) is 5.57. The second kappa shape index (κ2) is 5.89. The molecule has 0 spiro atoms. The van der Waals surface area contributed by atoms with E-state index in [-0.39, 0.29) is 0 Å². The minimum Gasteiger partial charge on any atom is -0.390 e. The molecule has 1 N–H and O–H groups in total. The summed E-state index contributed by atoms with van der Waals surface area (Å²) in [4.78, 5) is 0. The van der Waals surface area contributed by atoms with E-state index in [1.807, 2.05) is 6.92 Å². The SMILES string of the molecule is CCC(C)C(C)C(C)C(C)(O)C(C)CC. The highest BCUT2D eigenvalue weighted by Gasteiger charge is 2.37. The Balaban J connectivity index is 4.60. The van der Waals surface area contributed by atoms with Crippen LogP contribution in [0.15, 0.2) is 0 Å². The molecule has 0 rings (SSSR count). The molecule has 0 saturated carbocycles. The van der Waals surface area contributed by atoms with Crippen molar-refractivity contribution in [2.75, 3.05) is 0 Å². The van der Waals surface area contributed by atoms with Gasteiger partial charge in [0.1, 0.15) is 0 Å². The van der Waals surface area contributed by atoms with Crippen LogP contribution in [0.5, 0.6) is 0 Å². The molecule has 15 heavy (non-hydrogen) atoms. The molecule has 1 heteroatoms. The number of hydrogen-bond donors (Lipinski definition) is 1. The zero-order valence-electron chi connectivity index (χ0n) is 11.7. The van der Waals surface area contributed by atoms with Crippen molar-refractivity contribution in [1.29, 1.82) is 0 Å². The summed E-state index contributed by atoms with van der Waals surface area (Å²) in [5.41, 5.74) is -0.530. The van der Waals surface area contributed by atoms with E-state index in [4.69, 9.17) is 0 Å². The zero-order valence-corrected chi connectivity index (χ0v) is 11.7. The zero-order chi connectivity index (χ0) is 12.2. The molecular formula is C14H30O. The van der Waals surface area contributed by atoms with Gasteiger partial charge in [0, 0.05) is 0 Å². The van der Waals surface area contributed by atoms with E-state index in [1.54, 1.807) is 0 Å². The van der Waals surface area contributed by atoms with Gasteiger partial charge in [-0.05, 0) is 30.6 Å². The molecule has 0 aliphatic carbocycles. The molecule has 1 nitrogen and oxygen atoms in total. The van der Waals surface area contributed by atoms with E-state index in [9.17, 15) is 5.11 Å². The largest absolute Gasteiger partial charge is 0.390 e. The van der Waals surface area contributed by atoms with E-state index in [0.29, 0.717) is 23.7 Å². The van der Waals surface area contributed by atoms with Crippen molar-refractivity contribution < 1.29 is 5.11 Å². The molecule has 0 radical (unpaired) electrons. The van der Waals surface area contributed by atoms with Gasteiger partial charge in [0.25, 0.3) is 0 Å². The first-order valence-electron chi connectivity index (χ1n) is 6.51. The number of aliphatic hydroxyl groups is 1. The second-order valence-corrected chi connectivity index (χ2v) is 5.57. The smallest absolute Gasteiger partial charge is 0.0673 e. The van der Waals surface area contributed by atoms with E-state index < -0.39 is 5.60 Å². The fourth-order valence-electron chi connectivity index (χ4n) is 2.26. The predicted octanol–water partition coefficient (Wildman–Crippen LogP) is 4.10. The summed E-state index contributed by atoms with van der Waals surface area (Å²) < 4.78 is 0. The average molecular weight is 214 g/mol. The van der Waals surface area contributed by atoms with Gasteiger partial charge < -0.3 is 5.11 Å². The fourth-order valence-corrected chi connectivity index (χ4v) is 2.26. The highest BCUT2D eigenvalue weighted by atomic mass is 16.3. The Labute approximate surface area is 96.3 Å². The molecule has 0 saturated heterocycles. The first-order valence-corrected chi connectivity index (χ1v) is 6.51. The monoisotopic (exact) mass is 214 g/mol. The maximum absolute atomic E-state index is 10.6. The molecule has 0 aromatic carbocycles. The van der Waals surface area contributed by atoms with Gasteiger partial charge in [0.05, 0.1) is 5.60 Å². The Morgan fingerprint density at radius 2 is 1.47 bits per heavy atom. The van der Waals surface area contributed by atoms with Gasteiger partial charge in [-0.25, -0.2) is 0 Å². The first kappa shape index (κ1) is 15.0. The Kier molecular flexibility index (Phi) is 5.87. The van der Waals surface area contributed by atoms with Crippen molar-refractivity contribution in [3.63, 3.8) is 0 Å². The third-order valence-corrected chi connectivity index (χ3v) is 4.86. The summed E-state index contributed by atoms with van der Waals surface area (Å²) in [7, 11) is 0. The Hall–Kier alpha value is -0.0400. The summed E-state index contributed by atoms with van der Waals surface area (Å²) >= 11 is 0. The topological polar surface area (TPSA) is 20.2 Å². The predicted molar refractivity (Wildman–Crippen MR) is 67.9 cm³/mol. The van der Waals surface area contributed by atoms with E-state index >= 15 is 0 Å². The van der Waals surface area contributed by atoms with Crippen LogP contribution in [-0.2, 0) is 0 Å². The summed E-state index contributed by atoms with van der Waals surface area (Å²) in [5, 5.41) is 10.6. The van der Waals surface area contributed by atoms with E-state index in [1.165, 1.54) is 6.42 Å². The fraction of sp³-hybridized carbons (Fsp3) is 1.00. The summed E-state index contributed by atoms with van der Waals surface area (Å²) in [5.74, 6) is 2.01. The quantitative estimate of drug-likeness (QED) is 0.705. The van der Waals surface area contributed by atoms with Gasteiger partial charge in [-0.15, -0.1) is 0 Å². The molecule has 0 fully saturated rings. The first-order chi connectivity index (χ1) is 6.78. The van der Waals surface area contributed by atoms with Gasteiger partial charge >= 0.3 is 0 Å². The number of hydrogen-bond acceptors (Lipinski definition) is 1. The van der Waals surface area contributed by atoms with E-state index in [0.717, 1.165) is 6.42 Å². The van der Waals surface area contributed by atoms with Gasteiger partial charge in [-0.3, -0.25) is 0 Å². The van der Waals surface area contributed by atoms with Crippen molar-refractivity contribution >= 4 is 0 Å². The normalized spacial score (nSPS) is 24.0. The summed E-state index contributed by atoms with van der Waals surface area (Å²) in [6, 6.07) is 0. The molecule has 5 atom stereocenters. The molecule has 0 aliphatic heterocycles. The van der Waals surface area contributed by atoms with Crippen molar-refractivity contribution in [2.45, 2.75) is 66.9 Å². The van der Waals surface area contributed by atoms with Crippen molar-refractivity contribution in [1.82, 2.24) is 0 Å². The molecule has 0 aromatic rings. The minimum atomic E-state index is -0.530. The van der Waals surface area contributed by atoms with Gasteiger partial charge in [-0.2, -0.15) is 0 Å². The van der Waals surface area contributed by atoms with Crippen LogP contribution in [0.4, 0.5) is 0 Å². The third kappa shape index (κ3) is 3.48. The molecule has 0 bridgehead atoms. The van der Waals surface area contributed by atoms with Gasteiger partial charge in [0.15, 0.2) is 0 Å². The van der Waals surface area contributed by atoms with Gasteiger partial charge in [0.2, 0.25) is 0 Å². The van der Waals surface area contributed by atoms with Gasteiger partial charge in [-0.1, -0.05) is 54.4 Å². The van der Waals surface area contributed by atoms with Crippen molar-refractivity contribution in [3.8, 4) is 0 Å². The molecule has 0 aliphatic rings. The van der Waals surface area contributed by atoms with Crippen molar-refractivity contribution in [2.24, 2.45) is 23.7 Å². The molecule has 0 aromatic heterocycles. The standard InChI is InChI=1S/C14H30O/c1-8-10(3)12(5)13(6)14(7,15)11(4)9-2/h10-13,15H,8-9H2,1-7H3. The number of rotatable bonds is 6. The Morgan fingerprint density at radius 1 is 1.00 bits per heavy atom. The third-order valence-electron chi connectivity index (χ3n) is 4.86. The molecular weight excluding hydrogens is 184 g/mol. The van der Waals surface area contributed by atoms with Crippen LogP contribution in [0.25, 0.3) is 0 Å². The lowest BCUT2D eigenvalue weighted by molar-refractivity contribution is -0.0684. The van der Waals surface area contributed by atoms with Crippen LogP contribution in [0, 0.1) is 23.7 Å². The van der Waals surface area contributed by atoms with Crippen LogP contribution in [0.2, 0.25) is 0 Å². The summed E-state index contributed by atoms with van der Waals surface area (Å²) in [6.45, 7) is 15.3. The lowest BCUT2D eigenvalue weighted by atomic mass is 9.70. The lowest BCUT2D eigenvalue weighted by Crippen LogP contribution is -2.43. The van der Waals surface area contributed by atoms with Crippen LogP contribution >= 0.6 is 0 Å². The maximum atomic E-state index is 10.6. The summed E-state index contributed by atoms with van der Waals surface area (Å²) in [6.07, 6.45) is 2.24. The Bertz CT molecular complexity index is 174. The van der Waals surface area contributed by atoms with E-state index in [2.05, 4.69) is 41.5 Å². The maximum Gasteiger partial charge on any atom is 0.0673 e. The van der Waals surface area contributed by atoms with Crippen LogP contribution < -0.4 is 0 Å². The lowest BCUT2D eigenvalue weighted by Gasteiger charge is -2.40.